The van der Waals surface area contributed by atoms with Crippen LogP contribution in [0.3, 0.4) is 0 Å². The summed E-state index contributed by atoms with van der Waals surface area (Å²) in [6.45, 7) is -2.60. The summed E-state index contributed by atoms with van der Waals surface area (Å²) >= 11 is 5.91. The lowest BCUT2D eigenvalue weighted by Crippen LogP contribution is -2.45. The molecule has 2 aromatic rings. The van der Waals surface area contributed by atoms with Gasteiger partial charge in [0, 0.05) is 6.54 Å². The molecule has 0 aliphatic rings. The Labute approximate surface area is 160 Å². The standard InChI is InChI=1S/C18H18ClF2N3O3/c1-24(10-12-5-4-6-13(9-12)27-18(20)21)11-16(25)22-23-17(26)14-7-2-3-8-15(14)19/h2-9,18H,10-11H2,1H3,(H,22,25)(H,23,26). The molecule has 6 nitrogen and oxygen atoms in total. The molecule has 0 aliphatic carbocycles. The first-order valence-electron chi connectivity index (χ1n) is 7.91. The van der Waals surface area contributed by atoms with E-state index in [-0.39, 0.29) is 22.9 Å². The minimum absolute atomic E-state index is 0.0251. The third-order valence-electron chi connectivity index (χ3n) is 3.42. The third kappa shape index (κ3) is 6.84. The second-order valence-electron chi connectivity index (χ2n) is 5.68. The number of benzene rings is 2. The van der Waals surface area contributed by atoms with E-state index in [1.807, 2.05) is 0 Å². The molecule has 2 rings (SSSR count). The summed E-state index contributed by atoms with van der Waals surface area (Å²) in [6, 6.07) is 12.7. The molecule has 0 saturated heterocycles. The molecule has 0 aromatic heterocycles. The van der Waals surface area contributed by atoms with Crippen LogP contribution in [0.2, 0.25) is 5.02 Å². The smallest absolute Gasteiger partial charge is 0.387 e. The number of nitrogens with zero attached hydrogens (tertiary/aromatic N) is 1. The molecule has 0 unspecified atom stereocenters. The first-order chi connectivity index (χ1) is 12.8. The fraction of sp³-hybridized carbons (Fsp3) is 0.222. The summed E-state index contributed by atoms with van der Waals surface area (Å²) in [7, 11) is 1.68. The highest BCUT2D eigenvalue weighted by Crippen LogP contribution is 2.17. The van der Waals surface area contributed by atoms with Gasteiger partial charge in [-0.2, -0.15) is 8.78 Å². The number of alkyl halides is 2. The SMILES string of the molecule is CN(CC(=O)NNC(=O)c1ccccc1Cl)Cc1cccc(OC(F)F)c1. The molecule has 144 valence electrons. The van der Waals surface area contributed by atoms with Crippen molar-refractivity contribution in [2.24, 2.45) is 0 Å². The van der Waals surface area contributed by atoms with Crippen molar-refractivity contribution < 1.29 is 23.1 Å². The molecule has 0 spiro atoms. The Morgan fingerprint density at radius 1 is 1.15 bits per heavy atom. The van der Waals surface area contributed by atoms with Crippen LogP contribution in [0, 0.1) is 0 Å². The van der Waals surface area contributed by atoms with Crippen LogP contribution in [0.15, 0.2) is 48.5 Å². The molecule has 0 fully saturated rings. The van der Waals surface area contributed by atoms with E-state index in [0.717, 1.165) is 0 Å². The Bertz CT molecular complexity index is 805. The van der Waals surface area contributed by atoms with Gasteiger partial charge in [-0.25, -0.2) is 0 Å². The van der Waals surface area contributed by atoms with Gasteiger partial charge in [-0.3, -0.25) is 25.3 Å². The van der Waals surface area contributed by atoms with E-state index in [1.165, 1.54) is 18.2 Å². The van der Waals surface area contributed by atoms with Crippen LogP contribution in [0.1, 0.15) is 15.9 Å². The highest BCUT2D eigenvalue weighted by Gasteiger charge is 2.12. The van der Waals surface area contributed by atoms with Gasteiger partial charge in [0.2, 0.25) is 0 Å². The molecule has 0 bridgehead atoms. The average Bonchev–Trinajstić information content (AvgIpc) is 2.59. The van der Waals surface area contributed by atoms with Crippen molar-refractivity contribution in [3.63, 3.8) is 0 Å². The molecular formula is C18H18ClF2N3O3. The second kappa shape index (κ2) is 9.84. The van der Waals surface area contributed by atoms with Crippen LogP contribution in [0.4, 0.5) is 8.78 Å². The summed E-state index contributed by atoms with van der Waals surface area (Å²) in [6.07, 6.45) is 0. The fourth-order valence-electron chi connectivity index (χ4n) is 2.31. The number of ether oxygens (including phenoxy) is 1. The Hall–Kier alpha value is -2.71. The molecule has 2 amide bonds. The van der Waals surface area contributed by atoms with Crippen molar-refractivity contribution in [2.75, 3.05) is 13.6 Å². The number of carbonyl (C=O) groups is 2. The van der Waals surface area contributed by atoms with E-state index < -0.39 is 18.4 Å². The highest BCUT2D eigenvalue weighted by atomic mass is 35.5. The first-order valence-corrected chi connectivity index (χ1v) is 8.29. The molecule has 2 N–H and O–H groups in total. The Morgan fingerprint density at radius 3 is 2.59 bits per heavy atom. The number of likely N-dealkylation sites (N-methyl/N-ethyl adjacent to an activating group) is 1. The lowest BCUT2D eigenvalue weighted by molar-refractivity contribution is -0.122. The molecule has 27 heavy (non-hydrogen) atoms. The van der Waals surface area contributed by atoms with Crippen molar-refractivity contribution in [3.05, 3.63) is 64.7 Å². The Kier molecular flexibility index (Phi) is 7.51. The van der Waals surface area contributed by atoms with Crippen molar-refractivity contribution >= 4 is 23.4 Å². The second-order valence-corrected chi connectivity index (χ2v) is 6.09. The number of nitrogens with one attached hydrogen (secondary N) is 2. The quantitative estimate of drug-likeness (QED) is 0.705. The topological polar surface area (TPSA) is 70.7 Å². The normalized spacial score (nSPS) is 10.7. The summed E-state index contributed by atoms with van der Waals surface area (Å²) < 4.78 is 28.9. The predicted octanol–water partition coefficient (Wildman–Crippen LogP) is 2.83. The van der Waals surface area contributed by atoms with Crippen LogP contribution < -0.4 is 15.6 Å². The molecule has 0 heterocycles. The predicted molar refractivity (Wildman–Crippen MR) is 96.5 cm³/mol. The molecular weight excluding hydrogens is 380 g/mol. The maximum absolute atomic E-state index is 12.3. The summed E-state index contributed by atoms with van der Waals surface area (Å²) in [5, 5.41) is 0.271. The zero-order valence-electron chi connectivity index (χ0n) is 14.4. The van der Waals surface area contributed by atoms with Crippen molar-refractivity contribution in [1.82, 2.24) is 15.8 Å². The van der Waals surface area contributed by atoms with E-state index >= 15 is 0 Å². The number of rotatable bonds is 7. The number of carbonyl (C=O) groups excluding carboxylic acids is 2. The molecule has 9 heteroatoms. The van der Waals surface area contributed by atoms with E-state index in [0.29, 0.717) is 12.1 Å². The lowest BCUT2D eigenvalue weighted by atomic mass is 10.2. The Balaban J connectivity index is 1.82. The van der Waals surface area contributed by atoms with Gasteiger partial charge in [-0.05, 0) is 36.9 Å². The summed E-state index contributed by atoms with van der Waals surface area (Å²) in [5.41, 5.74) is 5.52. The summed E-state index contributed by atoms with van der Waals surface area (Å²) in [4.78, 5) is 25.6. The molecule has 0 atom stereocenters. The van der Waals surface area contributed by atoms with Crippen LogP contribution in [-0.2, 0) is 11.3 Å². The number of amides is 2. The monoisotopic (exact) mass is 397 g/mol. The van der Waals surface area contributed by atoms with Gasteiger partial charge < -0.3 is 4.74 Å². The highest BCUT2D eigenvalue weighted by molar-refractivity contribution is 6.33. The van der Waals surface area contributed by atoms with Crippen molar-refractivity contribution in [2.45, 2.75) is 13.2 Å². The van der Waals surface area contributed by atoms with Gasteiger partial charge in [0.1, 0.15) is 5.75 Å². The van der Waals surface area contributed by atoms with Gasteiger partial charge in [0.15, 0.2) is 0 Å². The number of hydrazine groups is 1. The van der Waals surface area contributed by atoms with Crippen LogP contribution in [0.5, 0.6) is 5.75 Å². The maximum Gasteiger partial charge on any atom is 0.387 e. The van der Waals surface area contributed by atoms with Crippen LogP contribution in [-0.4, -0.2) is 36.9 Å². The van der Waals surface area contributed by atoms with Gasteiger partial charge >= 0.3 is 6.61 Å². The zero-order valence-corrected chi connectivity index (χ0v) is 15.2. The maximum atomic E-state index is 12.3. The number of hydrogen-bond acceptors (Lipinski definition) is 4. The number of hydrogen-bond donors (Lipinski definition) is 2. The summed E-state index contributed by atoms with van der Waals surface area (Å²) in [5.74, 6) is -0.932. The Morgan fingerprint density at radius 2 is 1.89 bits per heavy atom. The van der Waals surface area contributed by atoms with Gasteiger partial charge in [0.05, 0.1) is 17.1 Å². The van der Waals surface area contributed by atoms with Gasteiger partial charge in [-0.1, -0.05) is 35.9 Å². The van der Waals surface area contributed by atoms with E-state index in [4.69, 9.17) is 11.6 Å². The molecule has 2 aromatic carbocycles. The van der Waals surface area contributed by atoms with Crippen LogP contribution in [0.25, 0.3) is 0 Å². The molecule has 0 saturated carbocycles. The third-order valence-corrected chi connectivity index (χ3v) is 3.75. The zero-order chi connectivity index (χ0) is 19.8. The first kappa shape index (κ1) is 20.6. The molecule has 0 radical (unpaired) electrons. The minimum Gasteiger partial charge on any atom is -0.435 e. The number of halogens is 3. The lowest BCUT2D eigenvalue weighted by Gasteiger charge is -2.17. The van der Waals surface area contributed by atoms with Gasteiger partial charge in [0.25, 0.3) is 11.8 Å². The van der Waals surface area contributed by atoms with Gasteiger partial charge in [-0.15, -0.1) is 0 Å². The van der Waals surface area contributed by atoms with E-state index in [9.17, 15) is 18.4 Å². The average molecular weight is 398 g/mol. The molecule has 0 aliphatic heterocycles. The largest absolute Gasteiger partial charge is 0.435 e. The fourth-order valence-corrected chi connectivity index (χ4v) is 2.53. The van der Waals surface area contributed by atoms with Crippen molar-refractivity contribution in [3.8, 4) is 5.75 Å². The van der Waals surface area contributed by atoms with E-state index in [1.54, 1.807) is 42.3 Å². The van der Waals surface area contributed by atoms with Crippen LogP contribution >= 0.6 is 11.6 Å². The van der Waals surface area contributed by atoms with Crippen molar-refractivity contribution in [1.29, 1.82) is 0 Å². The van der Waals surface area contributed by atoms with E-state index in [2.05, 4.69) is 15.6 Å². The minimum atomic E-state index is -2.90.